The fraction of sp³-hybridized carbons (Fsp3) is 0.292. The van der Waals surface area contributed by atoms with Gasteiger partial charge >= 0.3 is 17.9 Å². The maximum atomic E-state index is 11.2. The average Bonchev–Trinajstić information content (AvgIpc) is 2.81. The third-order valence-corrected chi connectivity index (χ3v) is 4.50. The minimum Gasteiger partial charge on any atom is -0.492 e. The van der Waals surface area contributed by atoms with E-state index in [-0.39, 0.29) is 18.4 Å². The molecule has 0 heterocycles. The number of carbonyl (C=O) groups excluding carboxylic acids is 1. The molecule has 184 valence electrons. The predicted octanol–water partition coefficient (Wildman–Crippen LogP) is 2.86. The van der Waals surface area contributed by atoms with Crippen molar-refractivity contribution in [3.8, 4) is 5.75 Å². The van der Waals surface area contributed by atoms with Crippen LogP contribution < -0.4 is 10.1 Å². The Bertz CT molecular complexity index is 946. The van der Waals surface area contributed by atoms with E-state index in [4.69, 9.17) is 26.6 Å². The second kappa shape index (κ2) is 15.4. The van der Waals surface area contributed by atoms with Gasteiger partial charge < -0.3 is 30.1 Å². The first kappa shape index (κ1) is 28.6. The molecule has 0 saturated carbocycles. The molecule has 0 radical (unpaired) electrons. The van der Waals surface area contributed by atoms with Crippen molar-refractivity contribution in [1.29, 1.82) is 0 Å². The van der Waals surface area contributed by atoms with Gasteiger partial charge in [-0.2, -0.15) is 0 Å². The van der Waals surface area contributed by atoms with Gasteiger partial charge in [-0.1, -0.05) is 35.9 Å². The molecule has 2 rings (SSSR count). The Morgan fingerprint density at radius 1 is 1.06 bits per heavy atom. The van der Waals surface area contributed by atoms with Gasteiger partial charge in [0.25, 0.3) is 0 Å². The molecule has 0 bridgehead atoms. The molecule has 0 amide bonds. The Kier molecular flexibility index (Phi) is 13.0. The van der Waals surface area contributed by atoms with Crippen LogP contribution in [0.2, 0.25) is 5.02 Å². The van der Waals surface area contributed by atoms with Gasteiger partial charge in [0.1, 0.15) is 12.4 Å². The van der Waals surface area contributed by atoms with E-state index in [9.17, 15) is 19.5 Å². The van der Waals surface area contributed by atoms with E-state index in [1.54, 1.807) is 12.1 Å². The summed E-state index contributed by atoms with van der Waals surface area (Å²) in [5, 5.41) is 29.7. The molecule has 0 spiro atoms. The smallest absolute Gasteiger partial charge is 0.328 e. The summed E-state index contributed by atoms with van der Waals surface area (Å²) in [6.07, 6.45) is 0.731. The van der Waals surface area contributed by atoms with Crippen LogP contribution in [0.3, 0.4) is 0 Å². The summed E-state index contributed by atoms with van der Waals surface area (Å²) < 4.78 is 10.4. The van der Waals surface area contributed by atoms with E-state index in [0.29, 0.717) is 30.3 Å². The zero-order valence-corrected chi connectivity index (χ0v) is 19.6. The fourth-order valence-corrected chi connectivity index (χ4v) is 2.71. The average molecular weight is 494 g/mol. The lowest BCUT2D eigenvalue weighted by atomic mass is 10.1. The van der Waals surface area contributed by atoms with E-state index < -0.39 is 18.0 Å². The number of hydrogen-bond donors (Lipinski definition) is 4. The van der Waals surface area contributed by atoms with Crippen molar-refractivity contribution in [1.82, 2.24) is 5.32 Å². The van der Waals surface area contributed by atoms with Gasteiger partial charge in [-0.3, -0.25) is 4.79 Å². The van der Waals surface area contributed by atoms with Gasteiger partial charge in [-0.15, -0.1) is 0 Å². The van der Waals surface area contributed by atoms with Crippen LogP contribution >= 0.6 is 11.6 Å². The number of nitrogens with one attached hydrogen (secondary N) is 1. The molecule has 34 heavy (non-hydrogen) atoms. The number of benzene rings is 2. The van der Waals surface area contributed by atoms with Crippen molar-refractivity contribution in [2.24, 2.45) is 0 Å². The molecule has 0 aliphatic carbocycles. The number of carbonyl (C=O) groups is 3. The molecule has 0 unspecified atom stereocenters. The van der Waals surface area contributed by atoms with Crippen LogP contribution in [-0.4, -0.2) is 59.5 Å². The maximum Gasteiger partial charge on any atom is 0.328 e. The fourth-order valence-electron chi connectivity index (χ4n) is 2.51. The minimum absolute atomic E-state index is 0.0542. The van der Waals surface area contributed by atoms with E-state index >= 15 is 0 Å². The third-order valence-electron chi connectivity index (χ3n) is 4.26. The van der Waals surface area contributed by atoms with Crippen molar-refractivity contribution in [3.63, 3.8) is 0 Å². The Morgan fingerprint density at radius 3 is 2.21 bits per heavy atom. The molecule has 2 atom stereocenters. The third kappa shape index (κ3) is 12.6. The number of aliphatic carboxylic acids is 2. The van der Waals surface area contributed by atoms with Crippen molar-refractivity contribution in [3.05, 3.63) is 76.8 Å². The van der Waals surface area contributed by atoms with Gasteiger partial charge in [-0.25, -0.2) is 9.59 Å². The van der Waals surface area contributed by atoms with Gasteiger partial charge in [0, 0.05) is 29.8 Å². The topological polar surface area (TPSA) is 142 Å². The molecule has 9 nitrogen and oxygen atoms in total. The molecular formula is C24H28ClNO8. The summed E-state index contributed by atoms with van der Waals surface area (Å²) >= 11 is 5.94. The highest BCUT2D eigenvalue weighted by molar-refractivity contribution is 6.30. The number of esters is 1. The number of aliphatic hydroxyl groups excluding tert-OH is 1. The van der Waals surface area contributed by atoms with E-state index in [0.717, 1.165) is 16.9 Å². The number of ether oxygens (including phenoxy) is 2. The van der Waals surface area contributed by atoms with Gasteiger partial charge in [0.05, 0.1) is 19.6 Å². The molecule has 2 aromatic carbocycles. The summed E-state index contributed by atoms with van der Waals surface area (Å²) in [6, 6.07) is 14.6. The van der Waals surface area contributed by atoms with Gasteiger partial charge in [0.15, 0.2) is 0 Å². The Labute approximate surface area is 202 Å². The molecule has 2 aromatic rings. The number of methoxy groups -OCH3 is 1. The normalized spacial score (nSPS) is 12.2. The lowest BCUT2D eigenvalue weighted by Gasteiger charge is -2.18. The first-order chi connectivity index (χ1) is 16.1. The number of carboxylic acid groups (broad SMARTS) is 2. The monoisotopic (exact) mass is 493 g/mol. The van der Waals surface area contributed by atoms with Crippen LogP contribution in [0.5, 0.6) is 5.75 Å². The summed E-state index contributed by atoms with van der Waals surface area (Å²) in [6.45, 7) is 2.85. The van der Waals surface area contributed by atoms with Gasteiger partial charge in [-0.05, 0) is 42.3 Å². The number of rotatable bonds is 11. The number of hydrogen-bond acceptors (Lipinski definition) is 7. The van der Waals surface area contributed by atoms with E-state index in [1.807, 2.05) is 43.3 Å². The zero-order valence-electron chi connectivity index (χ0n) is 18.8. The minimum atomic E-state index is -1.26. The largest absolute Gasteiger partial charge is 0.492 e. The summed E-state index contributed by atoms with van der Waals surface area (Å²) in [7, 11) is 1.37. The molecule has 10 heteroatoms. The molecule has 0 aliphatic rings. The summed E-state index contributed by atoms with van der Waals surface area (Å²) in [4.78, 5) is 30.3. The van der Waals surface area contributed by atoms with Crippen molar-refractivity contribution in [2.45, 2.75) is 25.5 Å². The Hall–Kier alpha value is -3.40. The summed E-state index contributed by atoms with van der Waals surface area (Å²) in [5.41, 5.74) is 1.65. The first-order valence-corrected chi connectivity index (χ1v) is 10.6. The van der Waals surface area contributed by atoms with E-state index in [2.05, 4.69) is 10.1 Å². The van der Waals surface area contributed by atoms with Crippen molar-refractivity contribution < 1.29 is 39.2 Å². The van der Waals surface area contributed by atoms with Crippen molar-refractivity contribution >= 4 is 29.5 Å². The van der Waals surface area contributed by atoms with Crippen LogP contribution in [0.25, 0.3) is 0 Å². The molecule has 0 aromatic heterocycles. The first-order valence-electron chi connectivity index (χ1n) is 10.2. The standard InChI is InChI=1S/C20H24ClNO4.C4H4O4/c1-14(22-12-19(23)16-4-3-5-17(21)11-16)13-26-18-8-6-15(7-9-18)10-20(24)25-2;5-3(6)1-2-4(7)8/h3-9,11,14,19,22-23H,10,12-13H2,1-2H3;1-2H,(H,5,6)(H,7,8)/t14-,19+;/m1./s1. The molecular weight excluding hydrogens is 466 g/mol. The highest BCUT2D eigenvalue weighted by atomic mass is 35.5. The van der Waals surface area contributed by atoms with Crippen LogP contribution in [0.15, 0.2) is 60.7 Å². The lowest BCUT2D eigenvalue weighted by molar-refractivity contribution is -0.139. The summed E-state index contributed by atoms with van der Waals surface area (Å²) in [5.74, 6) is -2.06. The molecule has 4 N–H and O–H groups in total. The second-order valence-corrected chi connectivity index (χ2v) is 7.53. The Balaban J connectivity index is 0.000000620. The number of carboxylic acids is 2. The predicted molar refractivity (Wildman–Crippen MR) is 126 cm³/mol. The van der Waals surface area contributed by atoms with E-state index in [1.165, 1.54) is 7.11 Å². The molecule has 0 fully saturated rings. The van der Waals surface area contributed by atoms with Crippen LogP contribution in [0, 0.1) is 0 Å². The maximum absolute atomic E-state index is 11.2. The SMILES string of the molecule is COC(=O)Cc1ccc(OC[C@@H](C)NC[C@H](O)c2cccc(Cl)c2)cc1.O=C(O)C=CC(=O)O. The number of halogens is 1. The second-order valence-electron chi connectivity index (χ2n) is 7.10. The highest BCUT2D eigenvalue weighted by Gasteiger charge is 2.10. The molecule has 0 saturated heterocycles. The quantitative estimate of drug-likeness (QED) is 0.274. The van der Waals surface area contributed by atoms with Crippen LogP contribution in [-0.2, 0) is 25.5 Å². The highest BCUT2D eigenvalue weighted by Crippen LogP contribution is 2.17. The van der Waals surface area contributed by atoms with Crippen molar-refractivity contribution in [2.75, 3.05) is 20.3 Å². The number of aliphatic hydroxyl groups is 1. The van der Waals surface area contributed by atoms with Crippen LogP contribution in [0.4, 0.5) is 0 Å². The molecule has 0 aliphatic heterocycles. The van der Waals surface area contributed by atoms with Gasteiger partial charge in [0.2, 0.25) is 0 Å². The van der Waals surface area contributed by atoms with Crippen LogP contribution in [0.1, 0.15) is 24.2 Å². The lowest BCUT2D eigenvalue weighted by Crippen LogP contribution is -2.34. The Morgan fingerprint density at radius 2 is 1.68 bits per heavy atom. The zero-order chi connectivity index (χ0) is 25.5.